The van der Waals surface area contributed by atoms with Gasteiger partial charge in [0.25, 0.3) is 5.91 Å². The van der Waals surface area contributed by atoms with E-state index in [1.807, 2.05) is 0 Å². The molecule has 0 saturated heterocycles. The first-order valence-electron chi connectivity index (χ1n) is 6.22. The fourth-order valence-corrected chi connectivity index (χ4v) is 1.84. The summed E-state index contributed by atoms with van der Waals surface area (Å²) in [6.07, 6.45) is 0.371. The zero-order valence-corrected chi connectivity index (χ0v) is 11.3. The Balaban J connectivity index is 2.08. The van der Waals surface area contributed by atoms with Crippen molar-refractivity contribution in [2.24, 2.45) is 0 Å². The van der Waals surface area contributed by atoms with Gasteiger partial charge >= 0.3 is 5.97 Å². The maximum atomic E-state index is 12.2. The second kappa shape index (κ2) is 5.28. The second-order valence-corrected chi connectivity index (χ2v) is 5.26. The quantitative estimate of drug-likeness (QED) is 0.763. The molecule has 0 aliphatic rings. The van der Waals surface area contributed by atoms with Crippen LogP contribution >= 0.6 is 0 Å². The van der Waals surface area contributed by atoms with Crippen LogP contribution in [0.5, 0.6) is 0 Å². The number of fused-ring (bicyclic) bond motifs is 1. The van der Waals surface area contributed by atoms with E-state index in [0.717, 1.165) is 0 Å². The Hall–Kier alpha value is -2.44. The van der Waals surface area contributed by atoms with Crippen LogP contribution in [0.15, 0.2) is 18.2 Å². The number of carboxylic acid groups (broad SMARTS) is 1. The molecule has 0 spiro atoms. The first kappa shape index (κ1) is 14.0. The van der Waals surface area contributed by atoms with E-state index in [1.54, 1.807) is 32.0 Å². The summed E-state index contributed by atoms with van der Waals surface area (Å²) in [5, 5.41) is 21.8. The number of carbonyl (C=O) groups is 2. The topological polar surface area (TPSA) is 108 Å². The summed E-state index contributed by atoms with van der Waals surface area (Å²) < 4.78 is 0. The third-order valence-electron chi connectivity index (χ3n) is 2.99. The minimum absolute atomic E-state index is 0.00952. The molecule has 0 fully saturated rings. The molecule has 1 amide bonds. The van der Waals surface area contributed by atoms with Gasteiger partial charge in [0.2, 0.25) is 0 Å². The van der Waals surface area contributed by atoms with E-state index in [2.05, 4.69) is 20.7 Å². The number of nitrogens with one attached hydrogen (secondary N) is 2. The van der Waals surface area contributed by atoms with Crippen molar-refractivity contribution < 1.29 is 14.7 Å². The summed E-state index contributed by atoms with van der Waals surface area (Å²) in [7, 11) is 0. The molecule has 0 aliphatic carbocycles. The molecule has 3 N–H and O–H groups in total. The maximum absolute atomic E-state index is 12.2. The molecule has 7 nitrogen and oxygen atoms in total. The number of rotatable bonds is 5. The second-order valence-electron chi connectivity index (χ2n) is 5.26. The summed E-state index contributed by atoms with van der Waals surface area (Å²) in [6, 6.07) is 5.01. The molecule has 1 heterocycles. The van der Waals surface area contributed by atoms with Crippen molar-refractivity contribution in [3.05, 3.63) is 23.8 Å². The molecule has 7 heteroatoms. The van der Waals surface area contributed by atoms with E-state index in [1.165, 1.54) is 0 Å². The van der Waals surface area contributed by atoms with E-state index in [4.69, 9.17) is 5.11 Å². The molecule has 1 aromatic carbocycles. The number of benzene rings is 1. The van der Waals surface area contributed by atoms with Gasteiger partial charge in [-0.05, 0) is 38.5 Å². The van der Waals surface area contributed by atoms with E-state index < -0.39 is 11.5 Å². The van der Waals surface area contributed by atoms with Crippen molar-refractivity contribution in [1.82, 2.24) is 20.7 Å². The number of aliphatic carboxylic acids is 1. The number of carboxylic acids is 1. The van der Waals surface area contributed by atoms with Gasteiger partial charge in [0.15, 0.2) is 0 Å². The van der Waals surface area contributed by atoms with Gasteiger partial charge in [-0.1, -0.05) is 0 Å². The molecule has 0 radical (unpaired) electrons. The lowest BCUT2D eigenvalue weighted by Crippen LogP contribution is -2.43. The summed E-state index contributed by atoms with van der Waals surface area (Å²) in [6.45, 7) is 3.59. The SMILES string of the molecule is CC(C)(CCC(=O)O)NC(=O)c1ccc2n[nH]nc2c1. The van der Waals surface area contributed by atoms with Gasteiger partial charge in [-0.3, -0.25) is 9.59 Å². The van der Waals surface area contributed by atoms with Gasteiger partial charge in [-0.25, -0.2) is 0 Å². The number of aromatic nitrogens is 3. The lowest BCUT2D eigenvalue weighted by molar-refractivity contribution is -0.137. The highest BCUT2D eigenvalue weighted by molar-refractivity contribution is 5.97. The average molecular weight is 276 g/mol. The Kier molecular flexibility index (Phi) is 3.69. The molecule has 106 valence electrons. The third kappa shape index (κ3) is 3.31. The molecule has 0 bridgehead atoms. The predicted octanol–water partition coefficient (Wildman–Crippen LogP) is 1.33. The van der Waals surface area contributed by atoms with Crippen LogP contribution in [0.2, 0.25) is 0 Å². The van der Waals surface area contributed by atoms with Gasteiger partial charge in [0.05, 0.1) is 0 Å². The van der Waals surface area contributed by atoms with Crippen LogP contribution in [0.1, 0.15) is 37.0 Å². The predicted molar refractivity (Wildman–Crippen MR) is 72.3 cm³/mol. The molecule has 0 unspecified atom stereocenters. The molecular formula is C13H16N4O3. The fraction of sp³-hybridized carbons (Fsp3) is 0.385. The monoisotopic (exact) mass is 276 g/mol. The van der Waals surface area contributed by atoms with Gasteiger partial charge in [0, 0.05) is 17.5 Å². The van der Waals surface area contributed by atoms with Crippen molar-refractivity contribution in [1.29, 1.82) is 0 Å². The summed E-state index contributed by atoms with van der Waals surface area (Å²) in [5.74, 6) is -1.14. The van der Waals surface area contributed by atoms with Gasteiger partial charge in [-0.15, -0.1) is 0 Å². The average Bonchev–Trinajstić information content (AvgIpc) is 2.83. The Bertz CT molecular complexity index is 648. The summed E-state index contributed by atoms with van der Waals surface area (Å²) in [4.78, 5) is 22.7. The van der Waals surface area contributed by atoms with E-state index in [-0.39, 0.29) is 12.3 Å². The summed E-state index contributed by atoms with van der Waals surface area (Å²) in [5.41, 5.74) is 1.18. The Morgan fingerprint density at radius 3 is 2.70 bits per heavy atom. The van der Waals surface area contributed by atoms with Gasteiger partial charge in [-0.2, -0.15) is 15.4 Å². The van der Waals surface area contributed by atoms with Crippen LogP contribution in [0.25, 0.3) is 11.0 Å². The van der Waals surface area contributed by atoms with Crippen molar-refractivity contribution >= 4 is 22.9 Å². The molecule has 20 heavy (non-hydrogen) atoms. The largest absolute Gasteiger partial charge is 0.481 e. The Labute approximate surface area is 115 Å². The highest BCUT2D eigenvalue weighted by Crippen LogP contribution is 2.15. The van der Waals surface area contributed by atoms with E-state index >= 15 is 0 Å². The van der Waals surface area contributed by atoms with Crippen LogP contribution in [0.4, 0.5) is 0 Å². The molecular weight excluding hydrogens is 260 g/mol. The molecule has 2 aromatic rings. The number of hydrogen-bond donors (Lipinski definition) is 3. The molecule has 0 aliphatic heterocycles. The van der Waals surface area contributed by atoms with Crippen LogP contribution in [0.3, 0.4) is 0 Å². The highest BCUT2D eigenvalue weighted by Gasteiger charge is 2.22. The van der Waals surface area contributed by atoms with Crippen LogP contribution in [-0.4, -0.2) is 37.9 Å². The lowest BCUT2D eigenvalue weighted by atomic mass is 9.97. The molecule has 1 aromatic heterocycles. The smallest absolute Gasteiger partial charge is 0.303 e. The number of aromatic amines is 1. The van der Waals surface area contributed by atoms with Crippen LogP contribution < -0.4 is 5.32 Å². The maximum Gasteiger partial charge on any atom is 0.303 e. The van der Waals surface area contributed by atoms with Crippen molar-refractivity contribution in [2.75, 3.05) is 0 Å². The number of hydrogen-bond acceptors (Lipinski definition) is 4. The minimum atomic E-state index is -0.878. The van der Waals surface area contributed by atoms with Crippen molar-refractivity contribution in [3.8, 4) is 0 Å². The minimum Gasteiger partial charge on any atom is -0.481 e. The van der Waals surface area contributed by atoms with Gasteiger partial charge < -0.3 is 10.4 Å². The fourth-order valence-electron chi connectivity index (χ4n) is 1.84. The van der Waals surface area contributed by atoms with E-state index in [0.29, 0.717) is 23.0 Å². The Morgan fingerprint density at radius 2 is 2.00 bits per heavy atom. The number of amides is 1. The number of H-pyrrole nitrogens is 1. The molecule has 2 rings (SSSR count). The molecule has 0 atom stereocenters. The first-order chi connectivity index (χ1) is 9.37. The lowest BCUT2D eigenvalue weighted by Gasteiger charge is -2.25. The number of carbonyl (C=O) groups excluding carboxylic acids is 1. The third-order valence-corrected chi connectivity index (χ3v) is 2.99. The molecule has 0 saturated carbocycles. The summed E-state index contributed by atoms with van der Waals surface area (Å²) >= 11 is 0. The zero-order chi connectivity index (χ0) is 14.8. The first-order valence-corrected chi connectivity index (χ1v) is 6.22. The normalized spacial score (nSPS) is 11.5. The number of nitrogens with zero attached hydrogens (tertiary/aromatic N) is 2. The Morgan fingerprint density at radius 1 is 1.30 bits per heavy atom. The van der Waals surface area contributed by atoms with Crippen LogP contribution in [0, 0.1) is 0 Å². The zero-order valence-electron chi connectivity index (χ0n) is 11.3. The van der Waals surface area contributed by atoms with Crippen LogP contribution in [-0.2, 0) is 4.79 Å². The van der Waals surface area contributed by atoms with Crippen molar-refractivity contribution in [2.45, 2.75) is 32.2 Å². The van der Waals surface area contributed by atoms with E-state index in [9.17, 15) is 9.59 Å². The standard InChI is InChI=1S/C13H16N4O3/c1-13(2,6-5-11(18)19)14-12(20)8-3-4-9-10(7-8)16-17-15-9/h3-4,7H,5-6H2,1-2H3,(H,14,20)(H,18,19)(H,15,16,17). The van der Waals surface area contributed by atoms with Gasteiger partial charge in [0.1, 0.15) is 11.0 Å². The highest BCUT2D eigenvalue weighted by atomic mass is 16.4. The van der Waals surface area contributed by atoms with Crippen molar-refractivity contribution in [3.63, 3.8) is 0 Å².